The maximum atomic E-state index is 11.6. The highest BCUT2D eigenvalue weighted by atomic mass is 79.9. The van der Waals surface area contributed by atoms with Gasteiger partial charge in [-0.25, -0.2) is 0 Å². The van der Waals surface area contributed by atoms with Gasteiger partial charge in [-0.15, -0.1) is 0 Å². The van der Waals surface area contributed by atoms with Crippen LogP contribution in [0.1, 0.15) is 31.4 Å². The van der Waals surface area contributed by atoms with E-state index in [0.29, 0.717) is 6.54 Å². The van der Waals surface area contributed by atoms with Crippen LogP contribution in [-0.2, 0) is 4.79 Å². The predicted molar refractivity (Wildman–Crippen MR) is 76.3 cm³/mol. The third kappa shape index (κ3) is 4.10. The van der Waals surface area contributed by atoms with Crippen LogP contribution in [0.15, 0.2) is 28.7 Å². The molecule has 0 aromatic heterocycles. The van der Waals surface area contributed by atoms with Gasteiger partial charge in [-0.3, -0.25) is 4.79 Å². The molecule has 1 atom stereocenters. The van der Waals surface area contributed by atoms with Gasteiger partial charge in [-0.05, 0) is 37.3 Å². The zero-order valence-electron chi connectivity index (χ0n) is 10.6. The summed E-state index contributed by atoms with van der Waals surface area (Å²) in [5, 5.41) is 6.19. The molecule has 1 aliphatic carbocycles. The minimum Gasteiger partial charge on any atom is -0.355 e. The molecule has 0 radical (unpaired) electrons. The first-order chi connectivity index (χ1) is 8.66. The third-order valence-corrected chi connectivity index (χ3v) is 3.95. The lowest BCUT2D eigenvalue weighted by atomic mass is 10.1. The zero-order chi connectivity index (χ0) is 13.0. The largest absolute Gasteiger partial charge is 0.355 e. The van der Waals surface area contributed by atoms with Crippen LogP contribution < -0.4 is 10.6 Å². The van der Waals surface area contributed by atoms with Crippen LogP contribution in [0.4, 0.5) is 0 Å². The second-order valence-electron chi connectivity index (χ2n) is 4.87. The van der Waals surface area contributed by atoms with Crippen LogP contribution in [0.3, 0.4) is 0 Å². The lowest BCUT2D eigenvalue weighted by molar-refractivity contribution is -0.120. The smallest absolute Gasteiger partial charge is 0.233 e. The fourth-order valence-corrected chi connectivity index (χ4v) is 2.45. The van der Waals surface area contributed by atoms with Crippen LogP contribution in [0.25, 0.3) is 0 Å². The van der Waals surface area contributed by atoms with Gasteiger partial charge in [0.15, 0.2) is 0 Å². The van der Waals surface area contributed by atoms with Gasteiger partial charge in [0.05, 0.1) is 6.54 Å². The minimum atomic E-state index is 0.0841. The van der Waals surface area contributed by atoms with Crippen molar-refractivity contribution in [2.24, 2.45) is 5.92 Å². The number of halogens is 1. The molecule has 0 saturated heterocycles. The van der Waals surface area contributed by atoms with Gasteiger partial charge in [0.1, 0.15) is 0 Å². The van der Waals surface area contributed by atoms with E-state index < -0.39 is 0 Å². The lowest BCUT2D eigenvalue weighted by Crippen LogP contribution is -2.36. The standard InChI is InChI=1S/C14H19BrN2O/c1-10(12-4-2-3-5-13(12)15)16-9-14(18)17-8-11-6-7-11/h2-5,10-11,16H,6-9H2,1H3,(H,17,18)/t10-/m0/s1. The van der Waals surface area contributed by atoms with Gasteiger partial charge in [-0.1, -0.05) is 34.1 Å². The first-order valence-corrected chi connectivity index (χ1v) is 7.20. The summed E-state index contributed by atoms with van der Waals surface area (Å²) in [6, 6.07) is 8.23. The first-order valence-electron chi connectivity index (χ1n) is 6.41. The zero-order valence-corrected chi connectivity index (χ0v) is 12.2. The maximum Gasteiger partial charge on any atom is 0.233 e. The maximum absolute atomic E-state index is 11.6. The normalized spacial score (nSPS) is 16.3. The molecule has 1 aromatic rings. The molecular formula is C14H19BrN2O. The molecule has 3 nitrogen and oxygen atoms in total. The molecule has 0 bridgehead atoms. The van der Waals surface area contributed by atoms with Gasteiger partial charge in [-0.2, -0.15) is 0 Å². The van der Waals surface area contributed by atoms with Crippen molar-refractivity contribution in [3.05, 3.63) is 34.3 Å². The summed E-state index contributed by atoms with van der Waals surface area (Å²) in [7, 11) is 0. The molecule has 0 aliphatic heterocycles. The number of hydrogen-bond donors (Lipinski definition) is 2. The Bertz CT molecular complexity index is 418. The van der Waals surface area contributed by atoms with Crippen molar-refractivity contribution < 1.29 is 4.79 Å². The first kappa shape index (κ1) is 13.6. The molecule has 18 heavy (non-hydrogen) atoms. The monoisotopic (exact) mass is 310 g/mol. The van der Waals surface area contributed by atoms with Gasteiger partial charge >= 0.3 is 0 Å². The summed E-state index contributed by atoms with van der Waals surface area (Å²) in [5.74, 6) is 0.815. The highest BCUT2D eigenvalue weighted by Gasteiger charge is 2.21. The van der Waals surface area contributed by atoms with Crippen molar-refractivity contribution in [1.82, 2.24) is 10.6 Å². The average Bonchev–Trinajstić information content (AvgIpc) is 3.18. The number of carbonyl (C=O) groups is 1. The Morgan fingerprint density at radius 1 is 1.44 bits per heavy atom. The highest BCUT2D eigenvalue weighted by molar-refractivity contribution is 9.10. The van der Waals surface area contributed by atoms with E-state index in [-0.39, 0.29) is 11.9 Å². The molecular weight excluding hydrogens is 292 g/mol. The van der Waals surface area contributed by atoms with E-state index in [1.54, 1.807) is 0 Å². The van der Waals surface area contributed by atoms with Gasteiger partial charge in [0.25, 0.3) is 0 Å². The Hall–Kier alpha value is -0.870. The van der Waals surface area contributed by atoms with E-state index in [1.165, 1.54) is 18.4 Å². The van der Waals surface area contributed by atoms with Crippen molar-refractivity contribution in [1.29, 1.82) is 0 Å². The highest BCUT2D eigenvalue weighted by Crippen LogP contribution is 2.27. The number of nitrogens with one attached hydrogen (secondary N) is 2. The summed E-state index contributed by atoms with van der Waals surface area (Å²) in [6.45, 7) is 3.27. The minimum absolute atomic E-state index is 0.0841. The second kappa shape index (κ2) is 6.34. The molecule has 0 spiro atoms. The molecule has 98 valence electrons. The van der Waals surface area contributed by atoms with Gasteiger partial charge < -0.3 is 10.6 Å². The van der Waals surface area contributed by atoms with Crippen LogP contribution >= 0.6 is 15.9 Å². The number of rotatable bonds is 6. The Balaban J connectivity index is 1.75. The van der Waals surface area contributed by atoms with E-state index in [9.17, 15) is 4.79 Å². The summed E-state index contributed by atoms with van der Waals surface area (Å²) in [4.78, 5) is 11.6. The molecule has 0 unspecified atom stereocenters. The molecule has 1 amide bonds. The van der Waals surface area contributed by atoms with E-state index in [0.717, 1.165) is 16.9 Å². The van der Waals surface area contributed by atoms with Crippen LogP contribution in [-0.4, -0.2) is 19.0 Å². The van der Waals surface area contributed by atoms with Gasteiger partial charge in [0.2, 0.25) is 5.91 Å². The van der Waals surface area contributed by atoms with E-state index in [4.69, 9.17) is 0 Å². The Labute approximate surface area is 116 Å². The number of hydrogen-bond acceptors (Lipinski definition) is 2. The fraction of sp³-hybridized carbons (Fsp3) is 0.500. The summed E-state index contributed by atoms with van der Waals surface area (Å²) >= 11 is 3.52. The van der Waals surface area contributed by atoms with Crippen molar-refractivity contribution >= 4 is 21.8 Å². The van der Waals surface area contributed by atoms with Crippen molar-refractivity contribution in [3.8, 4) is 0 Å². The number of benzene rings is 1. The van der Waals surface area contributed by atoms with Crippen molar-refractivity contribution in [3.63, 3.8) is 0 Å². The molecule has 2 N–H and O–H groups in total. The van der Waals surface area contributed by atoms with E-state index >= 15 is 0 Å². The van der Waals surface area contributed by atoms with Crippen LogP contribution in [0.2, 0.25) is 0 Å². The predicted octanol–water partition coefficient (Wildman–Crippen LogP) is 2.63. The quantitative estimate of drug-likeness (QED) is 0.848. The van der Waals surface area contributed by atoms with Gasteiger partial charge in [0, 0.05) is 17.1 Å². The molecule has 0 heterocycles. The SMILES string of the molecule is C[C@H](NCC(=O)NCC1CC1)c1ccccc1Br. The topological polar surface area (TPSA) is 41.1 Å². The average molecular weight is 311 g/mol. The number of amides is 1. The molecule has 4 heteroatoms. The second-order valence-corrected chi connectivity index (χ2v) is 5.73. The van der Waals surface area contributed by atoms with E-state index in [2.05, 4.69) is 39.6 Å². The van der Waals surface area contributed by atoms with Crippen LogP contribution in [0, 0.1) is 5.92 Å². The lowest BCUT2D eigenvalue weighted by Gasteiger charge is -2.15. The Kier molecular flexibility index (Phi) is 4.78. The van der Waals surface area contributed by atoms with Crippen LogP contribution in [0.5, 0.6) is 0 Å². The Morgan fingerprint density at radius 2 is 2.17 bits per heavy atom. The molecule has 1 aromatic carbocycles. The molecule has 1 saturated carbocycles. The Morgan fingerprint density at radius 3 is 2.83 bits per heavy atom. The van der Waals surface area contributed by atoms with E-state index in [1.807, 2.05) is 18.2 Å². The number of carbonyl (C=O) groups excluding carboxylic acids is 1. The summed E-state index contributed by atoms with van der Waals surface area (Å²) in [5.41, 5.74) is 1.17. The molecule has 1 fully saturated rings. The third-order valence-electron chi connectivity index (χ3n) is 3.23. The fourth-order valence-electron chi connectivity index (χ4n) is 1.82. The summed E-state index contributed by atoms with van der Waals surface area (Å²) in [6.07, 6.45) is 2.53. The molecule has 1 aliphatic rings. The van der Waals surface area contributed by atoms with Crippen molar-refractivity contribution in [2.75, 3.05) is 13.1 Å². The molecule has 2 rings (SSSR count). The van der Waals surface area contributed by atoms with Crippen molar-refractivity contribution in [2.45, 2.75) is 25.8 Å². The summed E-state index contributed by atoms with van der Waals surface area (Å²) < 4.78 is 1.07.